The van der Waals surface area contributed by atoms with E-state index in [1.54, 1.807) is 30.3 Å². The van der Waals surface area contributed by atoms with E-state index in [1.165, 1.54) is 6.07 Å². The van der Waals surface area contributed by atoms with Crippen LogP contribution in [0, 0.1) is 0 Å². The van der Waals surface area contributed by atoms with Crippen molar-refractivity contribution in [1.29, 1.82) is 0 Å². The van der Waals surface area contributed by atoms with Crippen LogP contribution in [0.5, 0.6) is 5.75 Å². The maximum atomic E-state index is 12.4. The fraction of sp³-hybridized carbons (Fsp3) is 0.211. The Kier molecular flexibility index (Phi) is 7.97. The second kappa shape index (κ2) is 9.99. The van der Waals surface area contributed by atoms with Gasteiger partial charge in [-0.3, -0.25) is 10.1 Å². The molecule has 0 radical (unpaired) electrons. The van der Waals surface area contributed by atoms with E-state index in [9.17, 15) is 14.7 Å². The second-order valence-electron chi connectivity index (χ2n) is 5.88. The topological polar surface area (TPSA) is 87.7 Å². The molecule has 0 fully saturated rings. The number of halogens is 2. The van der Waals surface area contributed by atoms with Crippen LogP contribution >= 0.6 is 44.1 Å². The Balaban J connectivity index is 2.07. The Hall–Kier alpha value is -1.97. The summed E-state index contributed by atoms with van der Waals surface area (Å²) < 4.78 is 6.77. The molecule has 0 aliphatic carbocycles. The number of hydrogen-bond acceptors (Lipinski definition) is 4. The Morgan fingerprint density at radius 3 is 2.43 bits per heavy atom. The van der Waals surface area contributed by atoms with Crippen LogP contribution in [0.15, 0.2) is 45.3 Å². The van der Waals surface area contributed by atoms with Crippen LogP contribution in [0.25, 0.3) is 0 Å². The summed E-state index contributed by atoms with van der Waals surface area (Å²) in [5, 5.41) is 14.6. The molecule has 1 unspecified atom stereocenters. The summed E-state index contributed by atoms with van der Waals surface area (Å²) in [4.78, 5) is 23.8. The number of aromatic carboxylic acids is 1. The van der Waals surface area contributed by atoms with Crippen LogP contribution in [0.3, 0.4) is 0 Å². The minimum Gasteiger partial charge on any atom is -0.491 e. The lowest BCUT2D eigenvalue weighted by Gasteiger charge is -2.15. The van der Waals surface area contributed by atoms with E-state index in [1.807, 2.05) is 13.8 Å². The Morgan fingerprint density at radius 1 is 1.21 bits per heavy atom. The van der Waals surface area contributed by atoms with Crippen LogP contribution in [-0.4, -0.2) is 28.2 Å². The van der Waals surface area contributed by atoms with E-state index in [2.05, 4.69) is 42.5 Å². The van der Waals surface area contributed by atoms with Gasteiger partial charge in [0.2, 0.25) is 0 Å². The largest absolute Gasteiger partial charge is 0.491 e. The quantitative estimate of drug-likeness (QED) is 0.445. The molecular weight excluding hydrogens is 512 g/mol. The first-order chi connectivity index (χ1) is 13.2. The van der Waals surface area contributed by atoms with E-state index in [-0.39, 0.29) is 22.5 Å². The normalized spacial score (nSPS) is 11.4. The number of carbonyl (C=O) groups is 2. The van der Waals surface area contributed by atoms with E-state index < -0.39 is 11.9 Å². The van der Waals surface area contributed by atoms with E-state index in [0.29, 0.717) is 20.3 Å². The molecule has 3 N–H and O–H groups in total. The number of carbonyl (C=O) groups excluding carboxylic acids is 1. The van der Waals surface area contributed by atoms with E-state index >= 15 is 0 Å². The highest BCUT2D eigenvalue weighted by atomic mass is 79.9. The molecule has 2 rings (SSSR count). The molecule has 0 aliphatic rings. The van der Waals surface area contributed by atoms with Gasteiger partial charge in [-0.15, -0.1) is 0 Å². The third kappa shape index (κ3) is 6.02. The molecule has 1 atom stereocenters. The van der Waals surface area contributed by atoms with Crippen LogP contribution in [0.1, 0.15) is 41.0 Å². The zero-order chi connectivity index (χ0) is 20.8. The molecule has 2 aromatic carbocycles. The number of carboxylic acid groups (broad SMARTS) is 1. The molecule has 1 amide bonds. The molecular formula is C19H18Br2N2O4S. The smallest absolute Gasteiger partial charge is 0.337 e. The third-order valence-corrected chi connectivity index (χ3v) is 5.07. The Bertz CT molecular complexity index is 904. The van der Waals surface area contributed by atoms with E-state index in [0.717, 1.165) is 6.42 Å². The van der Waals surface area contributed by atoms with Crippen molar-refractivity contribution in [2.45, 2.75) is 26.4 Å². The highest BCUT2D eigenvalue weighted by molar-refractivity contribution is 9.11. The first kappa shape index (κ1) is 22.3. The fourth-order valence-corrected chi connectivity index (χ4v) is 3.71. The summed E-state index contributed by atoms with van der Waals surface area (Å²) >= 11 is 11.7. The van der Waals surface area contributed by atoms with Crippen molar-refractivity contribution in [1.82, 2.24) is 5.32 Å². The molecule has 6 nitrogen and oxygen atoms in total. The summed E-state index contributed by atoms with van der Waals surface area (Å²) in [7, 11) is 0. The third-order valence-electron chi connectivity index (χ3n) is 3.78. The number of carboxylic acids is 1. The summed E-state index contributed by atoms with van der Waals surface area (Å²) in [6.07, 6.45) is 0.968. The molecule has 0 spiro atoms. The SMILES string of the molecule is CCC(C)Oc1ccc(C(=O)NC(=S)Nc2c(Br)cc(Br)cc2C(=O)O)cc1. The summed E-state index contributed by atoms with van der Waals surface area (Å²) in [5.41, 5.74) is 0.650. The van der Waals surface area contributed by atoms with Crippen molar-refractivity contribution in [2.75, 3.05) is 5.32 Å². The highest BCUT2D eigenvalue weighted by Crippen LogP contribution is 2.31. The minimum atomic E-state index is -1.13. The molecule has 0 saturated carbocycles. The number of anilines is 1. The van der Waals surface area contributed by atoms with Crippen molar-refractivity contribution in [3.63, 3.8) is 0 Å². The molecule has 0 aromatic heterocycles. The number of nitrogens with one attached hydrogen (secondary N) is 2. The predicted molar refractivity (Wildman–Crippen MR) is 119 cm³/mol. The van der Waals surface area contributed by atoms with Crippen LogP contribution in [0.2, 0.25) is 0 Å². The average Bonchev–Trinajstić information content (AvgIpc) is 2.63. The van der Waals surface area contributed by atoms with Crippen molar-refractivity contribution in [3.8, 4) is 5.75 Å². The maximum Gasteiger partial charge on any atom is 0.337 e. The molecule has 0 heterocycles. The number of amides is 1. The van der Waals surface area contributed by atoms with Crippen LogP contribution in [-0.2, 0) is 0 Å². The molecule has 0 bridgehead atoms. The number of ether oxygens (including phenoxy) is 1. The fourth-order valence-electron chi connectivity index (χ4n) is 2.19. The van der Waals surface area contributed by atoms with Gasteiger partial charge >= 0.3 is 5.97 Å². The lowest BCUT2D eigenvalue weighted by atomic mass is 10.2. The lowest BCUT2D eigenvalue weighted by molar-refractivity contribution is 0.0697. The van der Waals surface area contributed by atoms with Gasteiger partial charge in [-0.1, -0.05) is 22.9 Å². The highest BCUT2D eigenvalue weighted by Gasteiger charge is 2.17. The minimum absolute atomic E-state index is 0.00407. The van der Waals surface area contributed by atoms with Gasteiger partial charge in [0.1, 0.15) is 5.75 Å². The monoisotopic (exact) mass is 528 g/mol. The molecule has 0 saturated heterocycles. The first-order valence-electron chi connectivity index (χ1n) is 8.32. The molecule has 0 aliphatic heterocycles. The van der Waals surface area contributed by atoms with Crippen molar-refractivity contribution < 1.29 is 19.4 Å². The van der Waals surface area contributed by atoms with Gasteiger partial charge in [0, 0.05) is 14.5 Å². The standard InChI is InChI=1S/C19H18Br2N2O4S/c1-3-10(2)27-13-6-4-11(5-7-13)17(24)23-19(28)22-16-14(18(25)26)8-12(20)9-15(16)21/h4-10H,3H2,1-2H3,(H,25,26)(H2,22,23,24,28). The number of benzene rings is 2. The van der Waals surface area contributed by atoms with Gasteiger partial charge in [-0.05, 0) is 77.9 Å². The van der Waals surface area contributed by atoms with Crippen LogP contribution < -0.4 is 15.4 Å². The van der Waals surface area contributed by atoms with Gasteiger partial charge in [-0.2, -0.15) is 0 Å². The number of hydrogen-bond donors (Lipinski definition) is 3. The summed E-state index contributed by atoms with van der Waals surface area (Å²) in [6.45, 7) is 4.00. The number of rotatable bonds is 6. The van der Waals surface area contributed by atoms with Gasteiger partial charge in [0.15, 0.2) is 5.11 Å². The summed E-state index contributed by atoms with van der Waals surface area (Å²) in [5.74, 6) is -0.871. The molecule has 28 heavy (non-hydrogen) atoms. The zero-order valence-corrected chi connectivity index (χ0v) is 19.1. The van der Waals surface area contributed by atoms with E-state index in [4.69, 9.17) is 17.0 Å². The first-order valence-corrected chi connectivity index (χ1v) is 10.3. The average molecular weight is 530 g/mol. The predicted octanol–water partition coefficient (Wildman–Crippen LogP) is 5.21. The summed E-state index contributed by atoms with van der Waals surface area (Å²) in [6, 6.07) is 9.81. The number of thiocarbonyl (C=S) groups is 1. The second-order valence-corrected chi connectivity index (χ2v) is 8.06. The van der Waals surface area contributed by atoms with Gasteiger partial charge in [0.25, 0.3) is 5.91 Å². The molecule has 9 heteroatoms. The van der Waals surface area contributed by atoms with Gasteiger partial charge in [-0.25, -0.2) is 4.79 Å². The Labute approximate surface area is 184 Å². The van der Waals surface area contributed by atoms with Crippen molar-refractivity contribution in [2.24, 2.45) is 0 Å². The van der Waals surface area contributed by atoms with Crippen LogP contribution in [0.4, 0.5) is 5.69 Å². The Morgan fingerprint density at radius 2 is 1.86 bits per heavy atom. The van der Waals surface area contributed by atoms with Crippen molar-refractivity contribution in [3.05, 3.63) is 56.5 Å². The van der Waals surface area contributed by atoms with Gasteiger partial charge in [0.05, 0.1) is 17.4 Å². The zero-order valence-electron chi connectivity index (χ0n) is 15.1. The maximum absolute atomic E-state index is 12.4. The molecule has 148 valence electrons. The van der Waals surface area contributed by atoms with Gasteiger partial charge < -0.3 is 15.2 Å². The lowest BCUT2D eigenvalue weighted by Crippen LogP contribution is -2.34. The van der Waals surface area contributed by atoms with Crippen molar-refractivity contribution >= 4 is 66.8 Å². The molecule has 2 aromatic rings.